The highest BCUT2D eigenvalue weighted by Gasteiger charge is 2.16. The van der Waals surface area contributed by atoms with Crippen LogP contribution in [0.15, 0.2) is 78.9 Å². The molecular weight excluding hydrogens is 452 g/mol. The maximum absolute atomic E-state index is 12.8. The van der Waals surface area contributed by atoms with Gasteiger partial charge in [-0.3, -0.25) is 14.4 Å². The van der Waals surface area contributed by atoms with Crippen molar-refractivity contribution in [3.63, 3.8) is 0 Å². The second kappa shape index (κ2) is 13.8. The fourth-order valence-electron chi connectivity index (χ4n) is 3.73. The van der Waals surface area contributed by atoms with Crippen molar-refractivity contribution in [2.45, 2.75) is 45.1 Å². The van der Waals surface area contributed by atoms with E-state index in [2.05, 4.69) is 28.1 Å². The molecule has 0 heterocycles. The fourth-order valence-corrected chi connectivity index (χ4v) is 3.73. The molecule has 0 aliphatic heterocycles. The summed E-state index contributed by atoms with van der Waals surface area (Å²) in [4.78, 5) is 37.5. The van der Waals surface area contributed by atoms with Crippen LogP contribution in [0.1, 0.15) is 47.7 Å². The van der Waals surface area contributed by atoms with Crippen LogP contribution >= 0.6 is 0 Å². The summed E-state index contributed by atoms with van der Waals surface area (Å²) in [5.74, 6) is -0.814. The molecule has 0 saturated heterocycles. The number of carbonyl (C=O) groups excluding carboxylic acids is 3. The first-order chi connectivity index (χ1) is 17.4. The first-order valence-corrected chi connectivity index (χ1v) is 12.3. The van der Waals surface area contributed by atoms with Crippen LogP contribution < -0.4 is 21.7 Å². The number of amides is 3. The standard InChI is InChI=1S/C29H34N4O3/c1-2-27(34)32-24-18-23(28(35)31-17-9-14-21-10-5-3-6-11-21)19-25(20-24)33-29(36)26(30)16-15-22-12-7-4-8-13-22/h3-8,10-13,18-20,26H,2,9,14-17,30H2,1H3,(H,31,35)(H,32,34)(H,33,36)/t26-/m1/s1. The lowest BCUT2D eigenvalue weighted by atomic mass is 10.1. The van der Waals surface area contributed by atoms with Crippen molar-refractivity contribution in [3.05, 3.63) is 95.6 Å². The minimum atomic E-state index is -0.714. The molecule has 3 aromatic carbocycles. The number of benzene rings is 3. The summed E-state index contributed by atoms with van der Waals surface area (Å²) in [6, 6.07) is 24.0. The predicted molar refractivity (Wildman–Crippen MR) is 144 cm³/mol. The Morgan fingerprint density at radius 1 is 0.806 bits per heavy atom. The average Bonchev–Trinajstić information content (AvgIpc) is 2.90. The summed E-state index contributed by atoms with van der Waals surface area (Å²) in [5, 5.41) is 8.48. The number of anilines is 2. The largest absolute Gasteiger partial charge is 0.352 e. The third-order valence-corrected chi connectivity index (χ3v) is 5.76. The summed E-state index contributed by atoms with van der Waals surface area (Å²) in [6.45, 7) is 2.25. The highest BCUT2D eigenvalue weighted by atomic mass is 16.2. The van der Waals surface area contributed by atoms with Gasteiger partial charge >= 0.3 is 0 Å². The van der Waals surface area contributed by atoms with Crippen LogP contribution in [-0.2, 0) is 22.4 Å². The van der Waals surface area contributed by atoms with Crippen molar-refractivity contribution in [1.29, 1.82) is 0 Å². The predicted octanol–water partition coefficient (Wildman–Crippen LogP) is 4.30. The van der Waals surface area contributed by atoms with Gasteiger partial charge in [0.1, 0.15) is 0 Å². The fraction of sp³-hybridized carbons (Fsp3) is 0.276. The number of hydrogen-bond acceptors (Lipinski definition) is 4. The molecule has 188 valence electrons. The second-order valence-electron chi connectivity index (χ2n) is 8.67. The van der Waals surface area contributed by atoms with Gasteiger partial charge < -0.3 is 21.7 Å². The molecule has 0 unspecified atom stereocenters. The van der Waals surface area contributed by atoms with Gasteiger partial charge in [-0.2, -0.15) is 0 Å². The molecule has 3 aromatic rings. The van der Waals surface area contributed by atoms with E-state index in [-0.39, 0.29) is 17.7 Å². The highest BCUT2D eigenvalue weighted by molar-refractivity contribution is 6.01. The Morgan fingerprint density at radius 3 is 2.00 bits per heavy atom. The monoisotopic (exact) mass is 486 g/mol. The number of nitrogens with two attached hydrogens (primary N) is 1. The zero-order valence-corrected chi connectivity index (χ0v) is 20.6. The van der Waals surface area contributed by atoms with Gasteiger partial charge in [0.2, 0.25) is 11.8 Å². The summed E-state index contributed by atoms with van der Waals surface area (Å²) >= 11 is 0. The van der Waals surface area contributed by atoms with Gasteiger partial charge in [0.25, 0.3) is 5.91 Å². The van der Waals surface area contributed by atoms with E-state index < -0.39 is 6.04 Å². The quantitative estimate of drug-likeness (QED) is 0.286. The molecule has 7 nitrogen and oxygen atoms in total. The molecule has 3 rings (SSSR count). The van der Waals surface area contributed by atoms with Crippen LogP contribution in [0.4, 0.5) is 11.4 Å². The van der Waals surface area contributed by atoms with E-state index in [4.69, 9.17) is 5.73 Å². The Kier molecular flexibility index (Phi) is 10.2. The maximum atomic E-state index is 12.8. The Labute approximate surface area is 212 Å². The molecule has 1 atom stereocenters. The Bertz CT molecular complexity index is 1150. The number of carbonyl (C=O) groups is 3. The van der Waals surface area contributed by atoms with Gasteiger partial charge in [-0.15, -0.1) is 0 Å². The lowest BCUT2D eigenvalue weighted by molar-refractivity contribution is -0.117. The van der Waals surface area contributed by atoms with Crippen molar-refractivity contribution < 1.29 is 14.4 Å². The molecule has 3 amide bonds. The van der Waals surface area contributed by atoms with E-state index in [1.807, 2.05) is 48.5 Å². The van der Waals surface area contributed by atoms with E-state index in [1.165, 1.54) is 5.56 Å². The van der Waals surface area contributed by atoms with E-state index in [1.54, 1.807) is 25.1 Å². The zero-order valence-electron chi connectivity index (χ0n) is 20.6. The Balaban J connectivity index is 1.62. The topological polar surface area (TPSA) is 113 Å². The van der Waals surface area contributed by atoms with E-state index >= 15 is 0 Å². The molecule has 0 saturated carbocycles. The van der Waals surface area contributed by atoms with Crippen LogP contribution in [0, 0.1) is 0 Å². The molecule has 0 aromatic heterocycles. The van der Waals surface area contributed by atoms with Gasteiger partial charge in [-0.1, -0.05) is 67.6 Å². The molecule has 36 heavy (non-hydrogen) atoms. The zero-order chi connectivity index (χ0) is 25.8. The molecule has 0 bridgehead atoms. The van der Waals surface area contributed by atoms with Crippen molar-refractivity contribution in [3.8, 4) is 0 Å². The first kappa shape index (κ1) is 26.6. The maximum Gasteiger partial charge on any atom is 0.251 e. The molecule has 0 aliphatic rings. The van der Waals surface area contributed by atoms with Gasteiger partial charge in [0, 0.05) is 29.9 Å². The molecule has 0 aliphatic carbocycles. The van der Waals surface area contributed by atoms with Crippen LogP contribution in [-0.4, -0.2) is 30.3 Å². The molecule has 5 N–H and O–H groups in total. The van der Waals surface area contributed by atoms with Crippen LogP contribution in [0.5, 0.6) is 0 Å². The van der Waals surface area contributed by atoms with Crippen molar-refractivity contribution in [2.24, 2.45) is 5.73 Å². The lowest BCUT2D eigenvalue weighted by Gasteiger charge is -2.15. The van der Waals surface area contributed by atoms with Gasteiger partial charge in [-0.05, 0) is 55.0 Å². The molecule has 0 spiro atoms. The van der Waals surface area contributed by atoms with Crippen molar-refractivity contribution in [1.82, 2.24) is 5.32 Å². The van der Waals surface area contributed by atoms with Crippen LogP contribution in [0.25, 0.3) is 0 Å². The lowest BCUT2D eigenvalue weighted by Crippen LogP contribution is -2.36. The average molecular weight is 487 g/mol. The Morgan fingerprint density at radius 2 is 1.39 bits per heavy atom. The molecule has 0 fully saturated rings. The summed E-state index contributed by atoms with van der Waals surface area (Å²) in [7, 11) is 0. The number of hydrogen-bond donors (Lipinski definition) is 4. The summed E-state index contributed by atoms with van der Waals surface area (Å²) < 4.78 is 0. The normalized spacial score (nSPS) is 11.4. The Hall–Kier alpha value is -3.97. The second-order valence-corrected chi connectivity index (χ2v) is 8.67. The molecular formula is C29H34N4O3. The smallest absolute Gasteiger partial charge is 0.251 e. The van der Waals surface area contributed by atoms with Crippen molar-refractivity contribution >= 4 is 29.1 Å². The van der Waals surface area contributed by atoms with Crippen LogP contribution in [0.2, 0.25) is 0 Å². The minimum Gasteiger partial charge on any atom is -0.352 e. The minimum absolute atomic E-state index is 0.188. The first-order valence-electron chi connectivity index (χ1n) is 12.3. The van der Waals surface area contributed by atoms with Gasteiger partial charge in [-0.25, -0.2) is 0 Å². The number of aryl methyl sites for hydroxylation is 2. The molecule has 7 heteroatoms. The number of nitrogens with one attached hydrogen (secondary N) is 3. The van der Waals surface area contributed by atoms with E-state index in [0.29, 0.717) is 42.7 Å². The number of rotatable bonds is 12. The van der Waals surface area contributed by atoms with Gasteiger partial charge in [0.15, 0.2) is 0 Å². The van der Waals surface area contributed by atoms with E-state index in [0.717, 1.165) is 18.4 Å². The van der Waals surface area contributed by atoms with Crippen molar-refractivity contribution in [2.75, 3.05) is 17.2 Å². The highest BCUT2D eigenvalue weighted by Crippen LogP contribution is 2.20. The SMILES string of the molecule is CCC(=O)Nc1cc(NC(=O)[C@H](N)CCc2ccccc2)cc(C(=O)NCCCc2ccccc2)c1. The third-order valence-electron chi connectivity index (χ3n) is 5.76. The molecule has 0 radical (unpaired) electrons. The third kappa shape index (κ3) is 8.67. The van der Waals surface area contributed by atoms with E-state index in [9.17, 15) is 14.4 Å². The summed E-state index contributed by atoms with van der Waals surface area (Å²) in [5.41, 5.74) is 9.62. The summed E-state index contributed by atoms with van der Waals surface area (Å²) in [6.07, 6.45) is 3.11. The van der Waals surface area contributed by atoms with Crippen LogP contribution in [0.3, 0.4) is 0 Å². The van der Waals surface area contributed by atoms with Gasteiger partial charge in [0.05, 0.1) is 6.04 Å².